The molecule has 130 valence electrons. The van der Waals surface area contributed by atoms with Crippen LogP contribution in [0, 0.1) is 11.8 Å². The lowest BCUT2D eigenvalue weighted by atomic mass is 10.2. The van der Waals surface area contributed by atoms with Gasteiger partial charge in [-0.1, -0.05) is 13.8 Å². The van der Waals surface area contributed by atoms with Crippen LogP contribution in [0.5, 0.6) is 5.88 Å². The molecule has 0 spiro atoms. The Morgan fingerprint density at radius 3 is 2.83 bits per heavy atom. The Labute approximate surface area is 156 Å². The van der Waals surface area contributed by atoms with Crippen molar-refractivity contribution in [2.75, 3.05) is 19.7 Å². The molecular formula is C17H29IN4O. The Morgan fingerprint density at radius 2 is 2.17 bits per heavy atom. The molecule has 1 aliphatic rings. The maximum absolute atomic E-state index is 5.71. The van der Waals surface area contributed by atoms with Gasteiger partial charge in [-0.15, -0.1) is 24.0 Å². The molecule has 2 N–H and O–H groups in total. The summed E-state index contributed by atoms with van der Waals surface area (Å²) >= 11 is 0. The summed E-state index contributed by atoms with van der Waals surface area (Å²) in [7, 11) is 0. The summed E-state index contributed by atoms with van der Waals surface area (Å²) in [6, 6.07) is 3.97. The number of nitrogens with one attached hydrogen (secondary N) is 2. The van der Waals surface area contributed by atoms with E-state index in [-0.39, 0.29) is 24.0 Å². The molecule has 0 unspecified atom stereocenters. The van der Waals surface area contributed by atoms with Crippen molar-refractivity contribution in [3.63, 3.8) is 0 Å². The van der Waals surface area contributed by atoms with E-state index in [1.807, 2.05) is 12.1 Å². The van der Waals surface area contributed by atoms with Gasteiger partial charge in [0.1, 0.15) is 0 Å². The van der Waals surface area contributed by atoms with Crippen LogP contribution in [0.3, 0.4) is 0 Å². The molecule has 23 heavy (non-hydrogen) atoms. The molecular weight excluding hydrogens is 403 g/mol. The zero-order valence-electron chi connectivity index (χ0n) is 14.3. The van der Waals surface area contributed by atoms with Gasteiger partial charge in [0.2, 0.25) is 5.88 Å². The van der Waals surface area contributed by atoms with Gasteiger partial charge >= 0.3 is 0 Å². The highest BCUT2D eigenvalue weighted by atomic mass is 127. The third kappa shape index (κ3) is 8.39. The van der Waals surface area contributed by atoms with Crippen LogP contribution in [-0.2, 0) is 6.54 Å². The van der Waals surface area contributed by atoms with Crippen LogP contribution < -0.4 is 15.4 Å². The number of aliphatic imine (C=N–C) groups is 1. The number of guanidine groups is 1. The molecule has 0 amide bonds. The summed E-state index contributed by atoms with van der Waals surface area (Å²) in [6.07, 6.45) is 4.37. The number of hydrogen-bond donors (Lipinski definition) is 2. The Kier molecular flexibility index (Phi) is 9.28. The third-order valence-corrected chi connectivity index (χ3v) is 3.40. The number of aromatic nitrogens is 1. The lowest BCUT2D eigenvalue weighted by Crippen LogP contribution is -2.39. The van der Waals surface area contributed by atoms with E-state index in [1.54, 1.807) is 6.20 Å². The molecule has 0 atom stereocenters. The Hall–Kier alpha value is -1.05. The first-order chi connectivity index (χ1) is 10.7. The topological polar surface area (TPSA) is 58.5 Å². The molecule has 1 saturated carbocycles. The number of rotatable bonds is 8. The lowest BCUT2D eigenvalue weighted by Gasteiger charge is -2.13. The van der Waals surface area contributed by atoms with Gasteiger partial charge in [-0.3, -0.25) is 0 Å². The van der Waals surface area contributed by atoms with Crippen molar-refractivity contribution < 1.29 is 4.74 Å². The predicted molar refractivity (Wildman–Crippen MR) is 106 cm³/mol. The van der Waals surface area contributed by atoms with Crippen LogP contribution in [0.15, 0.2) is 23.3 Å². The molecule has 1 aromatic heterocycles. The normalized spacial score (nSPS) is 14.3. The van der Waals surface area contributed by atoms with Gasteiger partial charge in [-0.05, 0) is 43.2 Å². The monoisotopic (exact) mass is 432 g/mol. The number of nitrogens with zero attached hydrogens (tertiary/aromatic N) is 2. The van der Waals surface area contributed by atoms with Crippen molar-refractivity contribution in [2.45, 2.75) is 40.2 Å². The van der Waals surface area contributed by atoms with Crippen molar-refractivity contribution in [2.24, 2.45) is 16.8 Å². The zero-order valence-corrected chi connectivity index (χ0v) is 16.7. The quantitative estimate of drug-likeness (QED) is 0.377. The SMILES string of the molecule is CCNC(=NCc1ccnc(OCC2CC2)c1)NCC(C)C.I. The molecule has 1 heterocycles. The molecule has 0 aliphatic heterocycles. The molecule has 1 aliphatic carbocycles. The molecule has 2 rings (SSSR count). The fraction of sp³-hybridized carbons (Fsp3) is 0.647. The smallest absolute Gasteiger partial charge is 0.213 e. The second-order valence-corrected chi connectivity index (χ2v) is 6.23. The third-order valence-electron chi connectivity index (χ3n) is 3.40. The number of halogens is 1. The molecule has 1 fully saturated rings. The van der Waals surface area contributed by atoms with Crippen LogP contribution in [0.1, 0.15) is 39.2 Å². The van der Waals surface area contributed by atoms with E-state index >= 15 is 0 Å². The highest BCUT2D eigenvalue weighted by Gasteiger charge is 2.22. The van der Waals surface area contributed by atoms with Crippen molar-refractivity contribution in [1.82, 2.24) is 15.6 Å². The standard InChI is InChI=1S/C17H28N4O.HI/c1-4-18-17(20-10-13(2)3)21-11-15-7-8-19-16(9-15)22-12-14-5-6-14;/h7-9,13-14H,4-6,10-12H2,1-3H3,(H2,18,20,21);1H. The summed E-state index contributed by atoms with van der Waals surface area (Å²) in [5.74, 6) is 2.89. The molecule has 6 heteroatoms. The van der Waals surface area contributed by atoms with Crippen LogP contribution in [-0.4, -0.2) is 30.6 Å². The first-order valence-corrected chi connectivity index (χ1v) is 8.27. The maximum Gasteiger partial charge on any atom is 0.213 e. The number of pyridine rings is 1. The Balaban J connectivity index is 0.00000264. The predicted octanol–water partition coefficient (Wildman–Crippen LogP) is 3.20. The van der Waals surface area contributed by atoms with Crippen molar-refractivity contribution in [3.8, 4) is 5.88 Å². The molecule has 0 bridgehead atoms. The molecule has 5 nitrogen and oxygen atoms in total. The van der Waals surface area contributed by atoms with Gasteiger partial charge in [0.05, 0.1) is 13.2 Å². The van der Waals surface area contributed by atoms with E-state index in [4.69, 9.17) is 4.74 Å². The molecule has 0 aromatic carbocycles. The largest absolute Gasteiger partial charge is 0.477 e. The fourth-order valence-electron chi connectivity index (χ4n) is 1.93. The summed E-state index contributed by atoms with van der Waals surface area (Å²) in [5, 5.41) is 6.61. The summed E-state index contributed by atoms with van der Waals surface area (Å²) in [4.78, 5) is 8.88. The van der Waals surface area contributed by atoms with E-state index in [9.17, 15) is 0 Å². The van der Waals surface area contributed by atoms with E-state index < -0.39 is 0 Å². The second-order valence-electron chi connectivity index (χ2n) is 6.23. The minimum absolute atomic E-state index is 0. The Morgan fingerprint density at radius 1 is 1.39 bits per heavy atom. The number of ether oxygens (including phenoxy) is 1. The van der Waals surface area contributed by atoms with Gasteiger partial charge in [-0.25, -0.2) is 9.98 Å². The highest BCUT2D eigenvalue weighted by molar-refractivity contribution is 14.0. The van der Waals surface area contributed by atoms with E-state index in [2.05, 4.69) is 41.4 Å². The van der Waals surface area contributed by atoms with Gasteiger partial charge in [-0.2, -0.15) is 0 Å². The van der Waals surface area contributed by atoms with Crippen LogP contribution >= 0.6 is 24.0 Å². The highest BCUT2D eigenvalue weighted by Crippen LogP contribution is 2.29. The van der Waals surface area contributed by atoms with E-state index in [1.165, 1.54) is 12.8 Å². The molecule has 1 aromatic rings. The Bertz CT molecular complexity index is 489. The van der Waals surface area contributed by atoms with Crippen LogP contribution in [0.25, 0.3) is 0 Å². The van der Waals surface area contributed by atoms with Gasteiger partial charge in [0.25, 0.3) is 0 Å². The van der Waals surface area contributed by atoms with Crippen molar-refractivity contribution in [1.29, 1.82) is 0 Å². The summed E-state index contributed by atoms with van der Waals surface area (Å²) in [5.41, 5.74) is 1.11. The first kappa shape index (κ1) is 20.0. The van der Waals surface area contributed by atoms with Crippen molar-refractivity contribution in [3.05, 3.63) is 23.9 Å². The van der Waals surface area contributed by atoms with Crippen LogP contribution in [0.2, 0.25) is 0 Å². The minimum atomic E-state index is 0. The van der Waals surface area contributed by atoms with E-state index in [0.717, 1.165) is 37.1 Å². The second kappa shape index (κ2) is 10.7. The molecule has 0 radical (unpaired) electrons. The fourth-order valence-corrected chi connectivity index (χ4v) is 1.93. The summed E-state index contributed by atoms with van der Waals surface area (Å²) < 4.78 is 5.71. The van der Waals surface area contributed by atoms with Crippen LogP contribution in [0.4, 0.5) is 0 Å². The van der Waals surface area contributed by atoms with Crippen molar-refractivity contribution >= 4 is 29.9 Å². The average molecular weight is 432 g/mol. The number of hydrogen-bond acceptors (Lipinski definition) is 3. The lowest BCUT2D eigenvalue weighted by molar-refractivity contribution is 0.288. The zero-order chi connectivity index (χ0) is 15.8. The van der Waals surface area contributed by atoms with Gasteiger partial charge in [0.15, 0.2) is 5.96 Å². The average Bonchev–Trinajstić information content (AvgIpc) is 3.32. The van der Waals surface area contributed by atoms with E-state index in [0.29, 0.717) is 18.3 Å². The molecule has 0 saturated heterocycles. The minimum Gasteiger partial charge on any atom is -0.477 e. The van der Waals surface area contributed by atoms with Gasteiger partial charge in [0, 0.05) is 25.4 Å². The summed E-state index contributed by atoms with van der Waals surface area (Å²) in [6.45, 7) is 9.62. The first-order valence-electron chi connectivity index (χ1n) is 8.27. The van der Waals surface area contributed by atoms with Gasteiger partial charge < -0.3 is 15.4 Å². The maximum atomic E-state index is 5.71.